The number of pyridine rings is 2. The summed E-state index contributed by atoms with van der Waals surface area (Å²) in [4.78, 5) is 21.3. The van der Waals surface area contributed by atoms with Gasteiger partial charge >= 0.3 is 0 Å². The predicted molar refractivity (Wildman–Crippen MR) is 112 cm³/mol. The van der Waals surface area contributed by atoms with Gasteiger partial charge in [0.1, 0.15) is 17.6 Å². The molecule has 3 heterocycles. The summed E-state index contributed by atoms with van der Waals surface area (Å²) in [5.74, 6) is 0.0938. The number of rotatable bonds is 7. The zero-order valence-corrected chi connectivity index (χ0v) is 17.2. The first-order valence-corrected chi connectivity index (χ1v) is 9.60. The molecular formula is C20H23ClFN5O2. The molecule has 3 rings (SSSR count). The van der Waals surface area contributed by atoms with E-state index in [1.54, 1.807) is 16.8 Å². The third-order valence-corrected chi connectivity index (χ3v) is 4.66. The van der Waals surface area contributed by atoms with Crippen LogP contribution in [0.2, 0.25) is 5.02 Å². The average Bonchev–Trinajstić information content (AvgIpc) is 3.08. The van der Waals surface area contributed by atoms with Crippen molar-refractivity contribution in [2.75, 3.05) is 18.4 Å². The molecule has 0 aromatic carbocycles. The molecule has 0 saturated heterocycles. The number of aliphatic hydroxyl groups is 1. The van der Waals surface area contributed by atoms with Gasteiger partial charge in [-0.15, -0.1) is 0 Å². The van der Waals surface area contributed by atoms with Gasteiger partial charge in [0.05, 0.1) is 28.4 Å². The van der Waals surface area contributed by atoms with E-state index in [1.807, 2.05) is 25.3 Å². The molecule has 7 nitrogen and oxygen atoms in total. The molecule has 0 fully saturated rings. The Morgan fingerprint density at radius 1 is 1.34 bits per heavy atom. The molecule has 0 aliphatic carbocycles. The Hall–Kier alpha value is -2.71. The molecule has 154 valence electrons. The number of nitrogens with one attached hydrogen (secondary N) is 2. The topological polar surface area (TPSA) is 92.1 Å². The number of nitrogens with zero attached hydrogens (tertiary/aromatic N) is 3. The van der Waals surface area contributed by atoms with E-state index in [-0.39, 0.29) is 12.1 Å². The van der Waals surface area contributed by atoms with Crippen molar-refractivity contribution in [2.45, 2.75) is 32.5 Å². The number of alkyl halides is 1. The van der Waals surface area contributed by atoms with Gasteiger partial charge in [0.25, 0.3) is 5.91 Å². The van der Waals surface area contributed by atoms with Crippen molar-refractivity contribution < 1.29 is 14.3 Å². The molecule has 0 radical (unpaired) electrons. The van der Waals surface area contributed by atoms with E-state index in [0.717, 1.165) is 5.39 Å². The second-order valence-corrected chi connectivity index (χ2v) is 7.64. The van der Waals surface area contributed by atoms with E-state index in [4.69, 9.17) is 11.6 Å². The molecular weight excluding hydrogens is 397 g/mol. The first-order valence-electron chi connectivity index (χ1n) is 9.22. The zero-order chi connectivity index (χ0) is 21.2. The Bertz CT molecular complexity index is 1030. The van der Waals surface area contributed by atoms with Crippen LogP contribution in [0.3, 0.4) is 0 Å². The normalized spacial score (nSPS) is 12.8. The fourth-order valence-electron chi connectivity index (χ4n) is 2.80. The summed E-state index contributed by atoms with van der Waals surface area (Å²) in [5, 5.41) is 16.7. The molecule has 3 N–H and O–H groups in total. The molecule has 9 heteroatoms. The molecule has 0 aliphatic heterocycles. The third kappa shape index (κ3) is 4.65. The van der Waals surface area contributed by atoms with E-state index in [1.165, 1.54) is 20.0 Å². The largest absolute Gasteiger partial charge is 0.387 e. The van der Waals surface area contributed by atoms with Crippen molar-refractivity contribution in [2.24, 2.45) is 0 Å². The summed E-state index contributed by atoms with van der Waals surface area (Å²) in [6.45, 7) is 4.89. The van der Waals surface area contributed by atoms with Crippen LogP contribution in [0.15, 0.2) is 36.8 Å². The number of hydrogen-bond donors (Lipinski definition) is 3. The highest BCUT2D eigenvalue weighted by atomic mass is 35.5. The van der Waals surface area contributed by atoms with Crippen molar-refractivity contribution in [1.29, 1.82) is 0 Å². The minimum absolute atomic E-state index is 0.283. The summed E-state index contributed by atoms with van der Waals surface area (Å²) < 4.78 is 15.7. The van der Waals surface area contributed by atoms with Gasteiger partial charge in [-0.2, -0.15) is 0 Å². The Kier molecular flexibility index (Phi) is 6.04. The van der Waals surface area contributed by atoms with E-state index >= 15 is 0 Å². The van der Waals surface area contributed by atoms with Crippen LogP contribution in [0.4, 0.5) is 10.1 Å². The molecule has 0 spiro atoms. The van der Waals surface area contributed by atoms with Crippen LogP contribution in [0.5, 0.6) is 0 Å². The van der Waals surface area contributed by atoms with Crippen molar-refractivity contribution in [3.8, 4) is 5.82 Å². The highest BCUT2D eigenvalue weighted by molar-refractivity contribution is 6.31. The maximum absolute atomic E-state index is 13.9. The van der Waals surface area contributed by atoms with E-state index in [9.17, 15) is 14.3 Å². The van der Waals surface area contributed by atoms with E-state index in [0.29, 0.717) is 28.7 Å². The van der Waals surface area contributed by atoms with Gasteiger partial charge < -0.3 is 15.7 Å². The maximum Gasteiger partial charge on any atom is 0.255 e. The van der Waals surface area contributed by atoms with Gasteiger partial charge in [-0.3, -0.25) is 9.36 Å². The van der Waals surface area contributed by atoms with E-state index in [2.05, 4.69) is 20.6 Å². The van der Waals surface area contributed by atoms with Gasteiger partial charge in [-0.25, -0.2) is 14.4 Å². The quantitative estimate of drug-likeness (QED) is 0.546. The second kappa shape index (κ2) is 8.34. The van der Waals surface area contributed by atoms with Crippen LogP contribution in [-0.4, -0.2) is 50.4 Å². The lowest BCUT2D eigenvalue weighted by Gasteiger charge is -2.22. The van der Waals surface area contributed by atoms with Gasteiger partial charge in [-0.1, -0.05) is 11.6 Å². The lowest BCUT2D eigenvalue weighted by molar-refractivity contribution is -0.00177. The summed E-state index contributed by atoms with van der Waals surface area (Å²) >= 11 is 5.99. The standard InChI is InChI=1S/C20H23ClFN5O2/c1-4-23-15-8-17(27-6-5-12-7-13(21)9-25-18(12)27)24-10-14(15)19(28)26-11-16(22)20(2,3)29/h5-10,16,29H,4,11H2,1-3H3,(H,23,24)(H,26,28)/t16-/m1/s1. The SMILES string of the molecule is CCNc1cc(-n2ccc3cc(Cl)cnc32)ncc1C(=O)NC[C@@H](F)C(C)(C)O. The summed E-state index contributed by atoms with van der Waals surface area (Å²) in [5.41, 5.74) is -0.00636. The number of carbonyl (C=O) groups excluding carboxylic acids is 1. The highest BCUT2D eigenvalue weighted by Crippen LogP contribution is 2.24. The minimum atomic E-state index is -1.59. The Labute approximate surface area is 172 Å². The van der Waals surface area contributed by atoms with Crippen molar-refractivity contribution in [3.63, 3.8) is 0 Å². The molecule has 29 heavy (non-hydrogen) atoms. The van der Waals surface area contributed by atoms with Gasteiger partial charge in [0.2, 0.25) is 0 Å². The number of halogens is 2. The smallest absolute Gasteiger partial charge is 0.255 e. The highest BCUT2D eigenvalue weighted by Gasteiger charge is 2.27. The molecule has 1 amide bonds. The maximum atomic E-state index is 13.9. The second-order valence-electron chi connectivity index (χ2n) is 7.20. The third-order valence-electron chi connectivity index (χ3n) is 4.45. The minimum Gasteiger partial charge on any atom is -0.387 e. The molecule has 1 atom stereocenters. The summed E-state index contributed by atoms with van der Waals surface area (Å²) in [6, 6.07) is 5.42. The molecule has 0 unspecified atom stereocenters. The number of hydrogen-bond acceptors (Lipinski definition) is 5. The van der Waals surface area contributed by atoms with Crippen LogP contribution >= 0.6 is 11.6 Å². The van der Waals surface area contributed by atoms with Gasteiger partial charge in [-0.05, 0) is 32.9 Å². The Morgan fingerprint density at radius 2 is 2.10 bits per heavy atom. The van der Waals surface area contributed by atoms with Crippen LogP contribution in [0.1, 0.15) is 31.1 Å². The average molecular weight is 420 g/mol. The molecule has 0 bridgehead atoms. The Balaban J connectivity index is 1.89. The van der Waals surface area contributed by atoms with E-state index < -0.39 is 17.7 Å². The fraction of sp³-hybridized carbons (Fsp3) is 0.350. The van der Waals surface area contributed by atoms with Crippen molar-refractivity contribution >= 4 is 34.2 Å². The number of carbonyl (C=O) groups is 1. The van der Waals surface area contributed by atoms with Gasteiger partial charge in [0.15, 0.2) is 0 Å². The van der Waals surface area contributed by atoms with Crippen LogP contribution in [0.25, 0.3) is 16.9 Å². The Morgan fingerprint density at radius 3 is 2.79 bits per heavy atom. The fourth-order valence-corrected chi connectivity index (χ4v) is 2.97. The van der Waals surface area contributed by atoms with Crippen LogP contribution in [0, 0.1) is 0 Å². The summed E-state index contributed by atoms with van der Waals surface area (Å²) in [7, 11) is 0. The predicted octanol–water partition coefficient (Wildman–Crippen LogP) is 3.34. The van der Waals surface area contributed by atoms with Crippen molar-refractivity contribution in [3.05, 3.63) is 47.4 Å². The monoisotopic (exact) mass is 419 g/mol. The number of amides is 1. The van der Waals surface area contributed by atoms with Crippen molar-refractivity contribution in [1.82, 2.24) is 19.9 Å². The molecule has 3 aromatic rings. The van der Waals surface area contributed by atoms with Crippen LogP contribution in [-0.2, 0) is 0 Å². The number of anilines is 1. The lowest BCUT2D eigenvalue weighted by Crippen LogP contribution is -2.42. The zero-order valence-electron chi connectivity index (χ0n) is 16.4. The number of aromatic nitrogens is 3. The van der Waals surface area contributed by atoms with Crippen LogP contribution < -0.4 is 10.6 Å². The lowest BCUT2D eigenvalue weighted by atomic mass is 10.0. The molecule has 0 aliphatic rings. The molecule has 3 aromatic heterocycles. The van der Waals surface area contributed by atoms with Gasteiger partial charge in [0, 0.05) is 36.6 Å². The number of fused-ring (bicyclic) bond motifs is 1. The molecule has 0 saturated carbocycles. The first-order chi connectivity index (χ1) is 13.7. The first kappa shape index (κ1) is 21.0. The summed E-state index contributed by atoms with van der Waals surface area (Å²) in [6.07, 6.45) is 3.22.